The Kier molecular flexibility index (Phi) is 6.62. The van der Waals surface area contributed by atoms with Crippen LogP contribution in [0.1, 0.15) is 31.9 Å². The Labute approximate surface area is 156 Å². The number of benzene rings is 1. The molecular weight excluding hydrogens is 334 g/mol. The number of hydrogen-bond acceptors (Lipinski definition) is 2. The topological polar surface area (TPSA) is 46.5 Å². The van der Waals surface area contributed by atoms with E-state index in [0.717, 1.165) is 13.0 Å². The number of quaternary nitrogens is 1. The lowest BCUT2D eigenvalue weighted by Gasteiger charge is -2.35. The lowest BCUT2D eigenvalue weighted by atomic mass is 10.1. The molecule has 0 aliphatic rings. The first-order valence-electron chi connectivity index (χ1n) is 8.96. The van der Waals surface area contributed by atoms with Gasteiger partial charge in [-0.05, 0) is 44.0 Å². The number of aromatic amines is 1. The molecule has 3 aromatic rings. The highest BCUT2D eigenvalue weighted by Gasteiger charge is 2.21. The molecule has 0 atom stereocenters. The van der Waals surface area contributed by atoms with E-state index in [1.165, 1.54) is 52.7 Å². The average molecular weight is 362 g/mol. The van der Waals surface area contributed by atoms with Gasteiger partial charge in [0.1, 0.15) is 12.7 Å². The molecule has 1 N–H and O–H groups in total. The summed E-state index contributed by atoms with van der Waals surface area (Å²) in [5.41, 5.74) is 3.90. The molecule has 0 radical (unpaired) electrons. The van der Waals surface area contributed by atoms with Crippen LogP contribution < -0.4 is 12.4 Å². The number of hydrogen-bond donors (Lipinski definition) is 1. The van der Waals surface area contributed by atoms with E-state index in [1.807, 2.05) is 4.68 Å². The van der Waals surface area contributed by atoms with Crippen molar-refractivity contribution >= 4 is 10.9 Å². The lowest BCUT2D eigenvalue weighted by molar-refractivity contribution is -0.923. The van der Waals surface area contributed by atoms with E-state index < -0.39 is 0 Å². The molecule has 2 heterocycles. The maximum Gasteiger partial charge on any atom is 0.137 e. The molecule has 3 rings (SSSR count). The van der Waals surface area contributed by atoms with Crippen molar-refractivity contribution in [3.63, 3.8) is 0 Å². The van der Waals surface area contributed by atoms with Gasteiger partial charge in [-0.25, -0.2) is 9.67 Å². The van der Waals surface area contributed by atoms with Gasteiger partial charge in [0.15, 0.2) is 0 Å². The second kappa shape index (κ2) is 8.50. The van der Waals surface area contributed by atoms with Crippen LogP contribution in [0.2, 0.25) is 0 Å². The van der Waals surface area contributed by atoms with E-state index in [2.05, 4.69) is 60.2 Å². The summed E-state index contributed by atoms with van der Waals surface area (Å²) in [6.07, 6.45) is 6.64. The van der Waals surface area contributed by atoms with E-state index in [-0.39, 0.29) is 12.4 Å². The maximum absolute atomic E-state index is 4.20. The molecule has 25 heavy (non-hydrogen) atoms. The largest absolute Gasteiger partial charge is 1.00 e. The fourth-order valence-corrected chi connectivity index (χ4v) is 3.53. The second-order valence-corrected chi connectivity index (χ2v) is 6.55. The van der Waals surface area contributed by atoms with Crippen molar-refractivity contribution in [2.45, 2.75) is 33.7 Å². The Morgan fingerprint density at radius 3 is 2.52 bits per heavy atom. The third-order valence-corrected chi connectivity index (χ3v) is 5.51. The molecule has 2 aromatic heterocycles. The summed E-state index contributed by atoms with van der Waals surface area (Å²) in [4.78, 5) is 7.44. The van der Waals surface area contributed by atoms with Crippen molar-refractivity contribution in [1.29, 1.82) is 0 Å². The molecule has 0 fully saturated rings. The average Bonchev–Trinajstić information content (AvgIpc) is 3.26. The van der Waals surface area contributed by atoms with Gasteiger partial charge < -0.3 is 21.9 Å². The number of fused-ring (bicyclic) bond motifs is 1. The standard InChI is InChI=1S/C19H28N5.ClH/c1-4-24(5-2,6-3)10-9-17-12-21-19-8-7-16(11-18(17)19)13-23-15-20-14-22-23;/h7-8,11-12,14-15,21H,4-6,9-10,13H2,1-3H3;1H/q+1;/p-1. The van der Waals surface area contributed by atoms with Gasteiger partial charge in [0.25, 0.3) is 0 Å². The quantitative estimate of drug-likeness (QED) is 0.584. The van der Waals surface area contributed by atoms with Crippen LogP contribution in [0.25, 0.3) is 10.9 Å². The molecule has 0 bridgehead atoms. The predicted molar refractivity (Wildman–Crippen MR) is 97.9 cm³/mol. The normalized spacial score (nSPS) is 11.6. The molecule has 0 unspecified atom stereocenters. The van der Waals surface area contributed by atoms with E-state index >= 15 is 0 Å². The molecule has 0 spiro atoms. The first-order chi connectivity index (χ1) is 11.7. The molecule has 0 saturated carbocycles. The number of H-pyrrole nitrogens is 1. The molecule has 136 valence electrons. The van der Waals surface area contributed by atoms with Gasteiger partial charge >= 0.3 is 0 Å². The van der Waals surface area contributed by atoms with Gasteiger partial charge in [-0.3, -0.25) is 0 Å². The van der Waals surface area contributed by atoms with Crippen molar-refractivity contribution in [2.75, 3.05) is 26.2 Å². The third-order valence-electron chi connectivity index (χ3n) is 5.51. The summed E-state index contributed by atoms with van der Waals surface area (Å²) in [6.45, 7) is 12.5. The van der Waals surface area contributed by atoms with Crippen molar-refractivity contribution in [1.82, 2.24) is 19.7 Å². The highest BCUT2D eigenvalue weighted by molar-refractivity contribution is 5.83. The van der Waals surface area contributed by atoms with Crippen LogP contribution in [0.5, 0.6) is 0 Å². The minimum absolute atomic E-state index is 0. The molecule has 0 saturated heterocycles. The third kappa shape index (κ3) is 4.22. The van der Waals surface area contributed by atoms with Crippen LogP contribution in [0.3, 0.4) is 0 Å². The van der Waals surface area contributed by atoms with E-state index in [9.17, 15) is 0 Å². The molecule has 6 heteroatoms. The van der Waals surface area contributed by atoms with Gasteiger partial charge in [0, 0.05) is 23.5 Å². The predicted octanol–water partition coefficient (Wildman–Crippen LogP) is 0.231. The zero-order chi connectivity index (χ0) is 17.0. The van der Waals surface area contributed by atoms with E-state index in [1.54, 1.807) is 12.7 Å². The van der Waals surface area contributed by atoms with Crippen LogP contribution in [-0.2, 0) is 13.0 Å². The minimum atomic E-state index is 0. The molecule has 0 aliphatic carbocycles. The van der Waals surface area contributed by atoms with Crippen LogP contribution in [-0.4, -0.2) is 50.4 Å². The zero-order valence-electron chi connectivity index (χ0n) is 15.4. The summed E-state index contributed by atoms with van der Waals surface area (Å²) in [7, 11) is 0. The SMILES string of the molecule is CC[N+](CC)(CC)CCc1c[nH]c2ccc(Cn3cncn3)cc12.[Cl-]. The van der Waals surface area contributed by atoms with Gasteiger partial charge in [0.2, 0.25) is 0 Å². The Morgan fingerprint density at radius 2 is 1.88 bits per heavy atom. The number of nitrogens with zero attached hydrogens (tertiary/aromatic N) is 4. The summed E-state index contributed by atoms with van der Waals surface area (Å²) in [6, 6.07) is 6.63. The second-order valence-electron chi connectivity index (χ2n) is 6.55. The summed E-state index contributed by atoms with van der Waals surface area (Å²) in [5, 5.41) is 5.54. The van der Waals surface area contributed by atoms with Gasteiger partial charge in [-0.2, -0.15) is 5.10 Å². The Hall–Kier alpha value is -1.85. The Balaban J connectivity index is 0.00000225. The smallest absolute Gasteiger partial charge is 0.137 e. The summed E-state index contributed by atoms with van der Waals surface area (Å²) < 4.78 is 3.05. The van der Waals surface area contributed by atoms with Gasteiger partial charge in [-0.15, -0.1) is 0 Å². The fourth-order valence-electron chi connectivity index (χ4n) is 3.53. The highest BCUT2D eigenvalue weighted by Crippen LogP contribution is 2.22. The van der Waals surface area contributed by atoms with E-state index in [4.69, 9.17) is 0 Å². The van der Waals surface area contributed by atoms with Gasteiger partial charge in [0.05, 0.1) is 32.7 Å². The molecule has 0 amide bonds. The first kappa shape index (κ1) is 19.5. The first-order valence-corrected chi connectivity index (χ1v) is 8.96. The van der Waals surface area contributed by atoms with Crippen LogP contribution in [0.15, 0.2) is 37.1 Å². The number of rotatable bonds is 8. The fraction of sp³-hybridized carbons (Fsp3) is 0.474. The van der Waals surface area contributed by atoms with Gasteiger partial charge in [-0.1, -0.05) is 6.07 Å². The number of nitrogens with one attached hydrogen (secondary N) is 1. The molecule has 1 aromatic carbocycles. The lowest BCUT2D eigenvalue weighted by Crippen LogP contribution is -3.00. The number of halogens is 1. The van der Waals surface area contributed by atoms with Crippen LogP contribution >= 0.6 is 0 Å². The van der Waals surface area contributed by atoms with Crippen molar-refractivity contribution in [3.05, 3.63) is 48.2 Å². The van der Waals surface area contributed by atoms with Crippen molar-refractivity contribution in [2.24, 2.45) is 0 Å². The Bertz CT molecular complexity index is 766. The molecule has 0 aliphatic heterocycles. The van der Waals surface area contributed by atoms with E-state index in [0.29, 0.717) is 0 Å². The maximum atomic E-state index is 4.20. The summed E-state index contributed by atoms with van der Waals surface area (Å²) >= 11 is 0. The van der Waals surface area contributed by atoms with Crippen LogP contribution in [0, 0.1) is 0 Å². The highest BCUT2D eigenvalue weighted by atomic mass is 35.5. The Morgan fingerprint density at radius 1 is 1.12 bits per heavy atom. The monoisotopic (exact) mass is 361 g/mol. The van der Waals surface area contributed by atoms with Crippen molar-refractivity contribution in [3.8, 4) is 0 Å². The summed E-state index contributed by atoms with van der Waals surface area (Å²) in [5.74, 6) is 0. The zero-order valence-corrected chi connectivity index (χ0v) is 16.1. The number of likely N-dealkylation sites (N-methyl/N-ethyl adjacent to an activating group) is 1. The molecule has 5 nitrogen and oxygen atoms in total. The van der Waals surface area contributed by atoms with Crippen LogP contribution in [0.4, 0.5) is 0 Å². The molecular formula is C19H28ClN5. The minimum Gasteiger partial charge on any atom is -1.00 e. The number of aromatic nitrogens is 4. The van der Waals surface area contributed by atoms with Crippen molar-refractivity contribution < 1.29 is 16.9 Å².